The van der Waals surface area contributed by atoms with E-state index in [0.717, 1.165) is 11.1 Å². The number of nitrogens with two attached hydrogens (primary N) is 1. The number of nitrogens with one attached hydrogen (secondary N) is 1. The van der Waals surface area contributed by atoms with Gasteiger partial charge in [0.25, 0.3) is 0 Å². The molecular formula is C12H15F3N2O. The maximum absolute atomic E-state index is 11.9. The second-order valence-corrected chi connectivity index (χ2v) is 3.86. The molecule has 1 aromatic carbocycles. The van der Waals surface area contributed by atoms with E-state index < -0.39 is 25.0 Å². The van der Waals surface area contributed by atoms with Crippen LogP contribution in [0.25, 0.3) is 0 Å². The summed E-state index contributed by atoms with van der Waals surface area (Å²) in [4.78, 5) is 11.4. The van der Waals surface area contributed by atoms with Gasteiger partial charge in [0.2, 0.25) is 5.91 Å². The number of carbonyl (C=O) groups excluding carboxylic acids is 1. The van der Waals surface area contributed by atoms with Crippen molar-refractivity contribution < 1.29 is 18.0 Å². The molecule has 0 aliphatic heterocycles. The van der Waals surface area contributed by atoms with Gasteiger partial charge in [-0.3, -0.25) is 4.79 Å². The number of alkyl halides is 3. The topological polar surface area (TPSA) is 55.1 Å². The molecule has 0 fully saturated rings. The molecule has 6 heteroatoms. The summed E-state index contributed by atoms with van der Waals surface area (Å²) in [6.07, 6.45) is -5.22. The molecule has 0 radical (unpaired) electrons. The van der Waals surface area contributed by atoms with E-state index in [1.54, 1.807) is 24.3 Å². The predicted octanol–water partition coefficient (Wildman–Crippen LogP) is 1.76. The second kappa shape index (κ2) is 6.39. The lowest BCUT2D eigenvalue weighted by molar-refractivity contribution is -0.135. The third kappa shape index (κ3) is 5.18. The van der Waals surface area contributed by atoms with Gasteiger partial charge in [-0.2, -0.15) is 13.2 Å². The molecule has 1 rings (SSSR count). The molecule has 1 aromatic rings. The maximum Gasteiger partial charge on any atom is 0.390 e. The Labute approximate surface area is 103 Å². The smallest absolute Gasteiger partial charge is 0.355 e. The Kier molecular flexibility index (Phi) is 5.15. The van der Waals surface area contributed by atoms with Crippen molar-refractivity contribution in [1.82, 2.24) is 5.32 Å². The molecule has 0 unspecified atom stereocenters. The van der Waals surface area contributed by atoms with E-state index in [1.165, 1.54) is 0 Å². The van der Waals surface area contributed by atoms with Gasteiger partial charge in [0.1, 0.15) is 0 Å². The van der Waals surface area contributed by atoms with Crippen LogP contribution in [0.15, 0.2) is 24.3 Å². The summed E-state index contributed by atoms with van der Waals surface area (Å²) >= 11 is 0. The molecule has 0 aromatic heterocycles. The van der Waals surface area contributed by atoms with Gasteiger partial charge in [-0.1, -0.05) is 24.3 Å². The summed E-state index contributed by atoms with van der Waals surface area (Å²) in [5.41, 5.74) is 7.07. The molecule has 0 atom stereocenters. The van der Waals surface area contributed by atoms with Crippen LogP contribution in [-0.2, 0) is 17.8 Å². The number of rotatable bonds is 5. The Hall–Kier alpha value is -1.56. The Morgan fingerprint density at radius 2 is 1.83 bits per heavy atom. The third-order valence-corrected chi connectivity index (χ3v) is 2.42. The molecule has 0 heterocycles. The highest BCUT2D eigenvalue weighted by Gasteiger charge is 2.26. The van der Waals surface area contributed by atoms with Crippen LogP contribution in [0.1, 0.15) is 17.5 Å². The fraction of sp³-hybridized carbons (Fsp3) is 0.417. The lowest BCUT2D eigenvalue weighted by atomic mass is 10.0. The van der Waals surface area contributed by atoms with Crippen molar-refractivity contribution in [2.45, 2.75) is 25.6 Å². The first-order valence-electron chi connectivity index (χ1n) is 5.52. The number of hydrogen-bond donors (Lipinski definition) is 2. The molecule has 18 heavy (non-hydrogen) atoms. The van der Waals surface area contributed by atoms with Gasteiger partial charge in [0.05, 0.1) is 12.8 Å². The summed E-state index contributed by atoms with van der Waals surface area (Å²) in [7, 11) is 0. The molecule has 0 spiro atoms. The zero-order valence-electron chi connectivity index (χ0n) is 9.76. The first kappa shape index (κ1) is 14.5. The second-order valence-electron chi connectivity index (χ2n) is 3.86. The first-order chi connectivity index (χ1) is 8.42. The van der Waals surface area contributed by atoms with E-state index in [0.29, 0.717) is 6.54 Å². The lowest BCUT2D eigenvalue weighted by Crippen LogP contribution is -2.29. The number of hydrogen-bond acceptors (Lipinski definition) is 2. The third-order valence-electron chi connectivity index (χ3n) is 2.42. The molecule has 3 nitrogen and oxygen atoms in total. The van der Waals surface area contributed by atoms with Crippen LogP contribution in [0.3, 0.4) is 0 Å². The van der Waals surface area contributed by atoms with E-state index in [2.05, 4.69) is 5.32 Å². The van der Waals surface area contributed by atoms with Crippen molar-refractivity contribution in [3.05, 3.63) is 35.4 Å². The van der Waals surface area contributed by atoms with Crippen molar-refractivity contribution in [3.8, 4) is 0 Å². The fourth-order valence-corrected chi connectivity index (χ4v) is 1.51. The summed E-state index contributed by atoms with van der Waals surface area (Å²) in [6, 6.07) is 7.09. The molecule has 0 bridgehead atoms. The monoisotopic (exact) mass is 260 g/mol. The number of amides is 1. The van der Waals surface area contributed by atoms with Gasteiger partial charge in [0, 0.05) is 13.1 Å². The molecule has 3 N–H and O–H groups in total. The SMILES string of the molecule is NCc1ccccc1CC(=O)NCCC(F)(F)F. The van der Waals surface area contributed by atoms with Crippen LogP contribution in [0.2, 0.25) is 0 Å². The average molecular weight is 260 g/mol. The summed E-state index contributed by atoms with van der Waals surface area (Å²) in [6.45, 7) is -0.0981. The summed E-state index contributed by atoms with van der Waals surface area (Å²) in [5.74, 6) is -0.430. The largest absolute Gasteiger partial charge is 0.390 e. The van der Waals surface area contributed by atoms with Crippen LogP contribution in [0.4, 0.5) is 13.2 Å². The Bertz CT molecular complexity index is 405. The minimum Gasteiger partial charge on any atom is -0.355 e. The van der Waals surface area contributed by atoms with E-state index in [1.807, 2.05) is 0 Å². The minimum atomic E-state index is -4.25. The van der Waals surface area contributed by atoms with Crippen molar-refractivity contribution in [3.63, 3.8) is 0 Å². The van der Waals surface area contributed by atoms with Crippen LogP contribution >= 0.6 is 0 Å². The summed E-state index contributed by atoms with van der Waals surface area (Å²) in [5, 5.41) is 2.24. The molecule has 1 amide bonds. The minimum absolute atomic E-state index is 0.0469. The first-order valence-corrected chi connectivity index (χ1v) is 5.52. The van der Waals surface area contributed by atoms with Crippen molar-refractivity contribution in [2.24, 2.45) is 5.73 Å². The fourth-order valence-electron chi connectivity index (χ4n) is 1.51. The molecule has 0 saturated carbocycles. The van der Waals surface area contributed by atoms with Gasteiger partial charge in [0.15, 0.2) is 0 Å². The van der Waals surface area contributed by atoms with Crippen LogP contribution in [0.5, 0.6) is 0 Å². The molecule has 0 saturated heterocycles. The standard InChI is InChI=1S/C12H15F3N2O/c13-12(14,15)5-6-17-11(18)7-9-3-1-2-4-10(9)8-16/h1-4H,5-8,16H2,(H,17,18). The van der Waals surface area contributed by atoms with Crippen LogP contribution in [0, 0.1) is 0 Å². The van der Waals surface area contributed by atoms with Crippen LogP contribution < -0.4 is 11.1 Å². The number of carbonyl (C=O) groups is 1. The van der Waals surface area contributed by atoms with E-state index >= 15 is 0 Å². The van der Waals surface area contributed by atoms with E-state index in [-0.39, 0.29) is 6.42 Å². The normalized spacial score (nSPS) is 11.3. The molecule has 0 aliphatic rings. The van der Waals surface area contributed by atoms with Gasteiger partial charge < -0.3 is 11.1 Å². The van der Waals surface area contributed by atoms with E-state index in [4.69, 9.17) is 5.73 Å². The van der Waals surface area contributed by atoms with Gasteiger partial charge in [-0.15, -0.1) is 0 Å². The van der Waals surface area contributed by atoms with Crippen molar-refractivity contribution in [2.75, 3.05) is 6.54 Å². The van der Waals surface area contributed by atoms with Gasteiger partial charge in [-0.05, 0) is 11.1 Å². The Balaban J connectivity index is 2.45. The van der Waals surface area contributed by atoms with Gasteiger partial charge in [-0.25, -0.2) is 0 Å². The Morgan fingerprint density at radius 1 is 1.22 bits per heavy atom. The molecule has 0 aliphatic carbocycles. The molecular weight excluding hydrogens is 245 g/mol. The average Bonchev–Trinajstić information content (AvgIpc) is 2.28. The number of benzene rings is 1. The highest BCUT2D eigenvalue weighted by atomic mass is 19.4. The summed E-state index contributed by atoms with van der Waals surface area (Å²) < 4.78 is 35.7. The maximum atomic E-state index is 11.9. The highest BCUT2D eigenvalue weighted by Crippen LogP contribution is 2.18. The molecule has 100 valence electrons. The van der Waals surface area contributed by atoms with Crippen molar-refractivity contribution >= 4 is 5.91 Å². The predicted molar refractivity (Wildman–Crippen MR) is 61.7 cm³/mol. The van der Waals surface area contributed by atoms with Crippen LogP contribution in [-0.4, -0.2) is 18.6 Å². The zero-order valence-corrected chi connectivity index (χ0v) is 9.76. The zero-order chi connectivity index (χ0) is 13.6. The van der Waals surface area contributed by atoms with E-state index in [9.17, 15) is 18.0 Å². The number of halogens is 3. The van der Waals surface area contributed by atoms with Gasteiger partial charge >= 0.3 is 6.18 Å². The van der Waals surface area contributed by atoms with Crippen molar-refractivity contribution in [1.29, 1.82) is 0 Å². The Morgan fingerprint density at radius 3 is 2.39 bits per heavy atom. The quantitative estimate of drug-likeness (QED) is 0.847. The lowest BCUT2D eigenvalue weighted by Gasteiger charge is -2.09. The highest BCUT2D eigenvalue weighted by molar-refractivity contribution is 5.78.